The van der Waals surface area contributed by atoms with Gasteiger partial charge in [-0.1, -0.05) is 35.9 Å². The summed E-state index contributed by atoms with van der Waals surface area (Å²) in [5.41, 5.74) is 2.05. The summed E-state index contributed by atoms with van der Waals surface area (Å²) in [5.74, 6) is -0.387. The first-order valence-corrected chi connectivity index (χ1v) is 9.17. The van der Waals surface area contributed by atoms with Gasteiger partial charge in [-0.05, 0) is 54.3 Å². The second-order valence-electron chi connectivity index (χ2n) is 6.57. The van der Waals surface area contributed by atoms with Gasteiger partial charge in [-0.2, -0.15) is 0 Å². The number of piperidine rings is 1. The van der Waals surface area contributed by atoms with Crippen molar-refractivity contribution in [1.29, 1.82) is 0 Å². The van der Waals surface area contributed by atoms with E-state index in [-0.39, 0.29) is 17.8 Å². The Morgan fingerprint density at radius 1 is 1.12 bits per heavy atom. The fourth-order valence-electron chi connectivity index (χ4n) is 3.08. The Balaban J connectivity index is 1.42. The first-order chi connectivity index (χ1) is 12.6. The number of amides is 1. The zero-order valence-corrected chi connectivity index (χ0v) is 15.3. The van der Waals surface area contributed by atoms with Crippen LogP contribution in [0.5, 0.6) is 0 Å². The molecule has 0 aromatic heterocycles. The molecular weight excluding hydrogens is 351 g/mol. The van der Waals surface area contributed by atoms with Crippen molar-refractivity contribution in [2.75, 3.05) is 13.1 Å². The van der Waals surface area contributed by atoms with Crippen LogP contribution in [0.3, 0.4) is 0 Å². The summed E-state index contributed by atoms with van der Waals surface area (Å²) in [6, 6.07) is 14.2. The molecule has 0 spiro atoms. The standard InChI is InChI=1S/C21H22ClFN2O/c22-18-6-1-17(2-7-18)15-25-13-11-20(12-14-25)24-21(26)10-5-16-3-8-19(23)9-4-16/h1-10,20H,11-15H2,(H,24,26)/b10-5+. The molecule has 0 bridgehead atoms. The Labute approximate surface area is 158 Å². The van der Waals surface area contributed by atoms with Gasteiger partial charge in [0, 0.05) is 36.8 Å². The quantitative estimate of drug-likeness (QED) is 0.795. The van der Waals surface area contributed by atoms with Gasteiger partial charge in [0.25, 0.3) is 0 Å². The minimum absolute atomic E-state index is 0.106. The van der Waals surface area contributed by atoms with Crippen molar-refractivity contribution in [3.05, 3.63) is 76.6 Å². The molecule has 3 rings (SSSR count). The lowest BCUT2D eigenvalue weighted by atomic mass is 10.0. The normalized spacial score (nSPS) is 16.1. The maximum Gasteiger partial charge on any atom is 0.244 e. The summed E-state index contributed by atoms with van der Waals surface area (Å²) in [5, 5.41) is 3.80. The van der Waals surface area contributed by atoms with Crippen LogP contribution in [0.25, 0.3) is 6.08 Å². The van der Waals surface area contributed by atoms with E-state index >= 15 is 0 Å². The van der Waals surface area contributed by atoms with Crippen molar-refractivity contribution in [3.63, 3.8) is 0 Å². The summed E-state index contributed by atoms with van der Waals surface area (Å²) in [7, 11) is 0. The molecule has 1 N–H and O–H groups in total. The lowest BCUT2D eigenvalue weighted by Crippen LogP contribution is -2.43. The molecule has 1 heterocycles. The molecule has 1 saturated heterocycles. The number of carbonyl (C=O) groups excluding carboxylic acids is 1. The van der Waals surface area contributed by atoms with Gasteiger partial charge in [-0.25, -0.2) is 4.39 Å². The molecule has 1 aliphatic heterocycles. The monoisotopic (exact) mass is 372 g/mol. The lowest BCUT2D eigenvalue weighted by molar-refractivity contribution is -0.117. The van der Waals surface area contributed by atoms with Gasteiger partial charge in [0.15, 0.2) is 0 Å². The topological polar surface area (TPSA) is 32.3 Å². The molecule has 0 saturated carbocycles. The summed E-state index contributed by atoms with van der Waals surface area (Å²) < 4.78 is 12.9. The summed E-state index contributed by atoms with van der Waals surface area (Å²) in [4.78, 5) is 14.4. The minimum atomic E-state index is -0.281. The van der Waals surface area contributed by atoms with Gasteiger partial charge in [-0.15, -0.1) is 0 Å². The van der Waals surface area contributed by atoms with E-state index in [9.17, 15) is 9.18 Å². The Kier molecular flexibility index (Phi) is 6.42. The second kappa shape index (κ2) is 8.97. The highest BCUT2D eigenvalue weighted by Crippen LogP contribution is 2.16. The Morgan fingerprint density at radius 2 is 1.77 bits per heavy atom. The van der Waals surface area contributed by atoms with Crippen molar-refractivity contribution in [2.24, 2.45) is 0 Å². The Bertz CT molecular complexity index is 751. The molecule has 1 aliphatic rings. The summed E-state index contributed by atoms with van der Waals surface area (Å²) in [6.45, 7) is 2.81. The van der Waals surface area contributed by atoms with Crippen LogP contribution in [0.4, 0.5) is 4.39 Å². The van der Waals surface area contributed by atoms with Gasteiger partial charge in [0.1, 0.15) is 5.82 Å². The largest absolute Gasteiger partial charge is 0.350 e. The molecule has 0 radical (unpaired) electrons. The van der Waals surface area contributed by atoms with Gasteiger partial charge >= 0.3 is 0 Å². The first kappa shape index (κ1) is 18.6. The Morgan fingerprint density at radius 3 is 2.42 bits per heavy atom. The van der Waals surface area contributed by atoms with Gasteiger partial charge in [0.2, 0.25) is 5.91 Å². The molecule has 2 aromatic rings. The fourth-order valence-corrected chi connectivity index (χ4v) is 3.20. The van der Waals surface area contributed by atoms with Crippen LogP contribution in [0.15, 0.2) is 54.6 Å². The number of benzene rings is 2. The summed E-state index contributed by atoms with van der Waals surface area (Å²) in [6.07, 6.45) is 5.07. The van der Waals surface area contributed by atoms with E-state index in [1.165, 1.54) is 23.8 Å². The highest BCUT2D eigenvalue weighted by molar-refractivity contribution is 6.30. The van der Waals surface area contributed by atoms with Crippen molar-refractivity contribution >= 4 is 23.6 Å². The smallest absolute Gasteiger partial charge is 0.244 e. The highest BCUT2D eigenvalue weighted by atomic mass is 35.5. The minimum Gasteiger partial charge on any atom is -0.350 e. The average molecular weight is 373 g/mol. The van der Waals surface area contributed by atoms with Crippen molar-refractivity contribution in [1.82, 2.24) is 10.2 Å². The molecule has 26 heavy (non-hydrogen) atoms. The lowest BCUT2D eigenvalue weighted by Gasteiger charge is -2.32. The number of rotatable bonds is 5. The number of hydrogen-bond acceptors (Lipinski definition) is 2. The maximum absolute atomic E-state index is 12.9. The summed E-state index contributed by atoms with van der Waals surface area (Å²) >= 11 is 5.92. The third-order valence-electron chi connectivity index (χ3n) is 4.55. The van der Waals surface area contributed by atoms with Crippen LogP contribution in [0.1, 0.15) is 24.0 Å². The van der Waals surface area contributed by atoms with Crippen LogP contribution < -0.4 is 5.32 Å². The second-order valence-corrected chi connectivity index (χ2v) is 7.01. The molecule has 136 valence electrons. The number of hydrogen-bond donors (Lipinski definition) is 1. The maximum atomic E-state index is 12.9. The van der Waals surface area contributed by atoms with E-state index in [4.69, 9.17) is 11.6 Å². The first-order valence-electron chi connectivity index (χ1n) is 8.79. The van der Waals surface area contributed by atoms with E-state index in [1.807, 2.05) is 12.1 Å². The number of halogens is 2. The molecule has 1 amide bonds. The van der Waals surface area contributed by atoms with Gasteiger partial charge in [0.05, 0.1) is 0 Å². The van der Waals surface area contributed by atoms with Gasteiger partial charge < -0.3 is 5.32 Å². The van der Waals surface area contributed by atoms with Crippen LogP contribution >= 0.6 is 11.6 Å². The SMILES string of the molecule is O=C(/C=C/c1ccc(F)cc1)NC1CCN(Cc2ccc(Cl)cc2)CC1. The van der Waals surface area contributed by atoms with E-state index in [0.29, 0.717) is 0 Å². The van der Waals surface area contributed by atoms with E-state index in [0.717, 1.165) is 43.1 Å². The zero-order valence-electron chi connectivity index (χ0n) is 14.5. The van der Waals surface area contributed by atoms with Crippen LogP contribution in [-0.4, -0.2) is 29.9 Å². The number of likely N-dealkylation sites (tertiary alicyclic amines) is 1. The Hall–Kier alpha value is -2.17. The predicted octanol–water partition coefficient (Wildman–Crippen LogP) is 4.27. The van der Waals surface area contributed by atoms with Crippen molar-refractivity contribution in [2.45, 2.75) is 25.4 Å². The predicted molar refractivity (Wildman–Crippen MR) is 103 cm³/mol. The molecule has 0 unspecified atom stereocenters. The third kappa shape index (κ3) is 5.68. The molecule has 0 atom stereocenters. The van der Waals surface area contributed by atoms with Gasteiger partial charge in [-0.3, -0.25) is 9.69 Å². The molecule has 5 heteroatoms. The zero-order chi connectivity index (χ0) is 18.4. The average Bonchev–Trinajstić information content (AvgIpc) is 2.65. The van der Waals surface area contributed by atoms with Crippen molar-refractivity contribution in [3.8, 4) is 0 Å². The van der Waals surface area contributed by atoms with Crippen LogP contribution in [0.2, 0.25) is 5.02 Å². The fraction of sp³-hybridized carbons (Fsp3) is 0.286. The molecule has 1 fully saturated rings. The molecule has 2 aromatic carbocycles. The van der Waals surface area contributed by atoms with Crippen LogP contribution in [-0.2, 0) is 11.3 Å². The molecule has 0 aliphatic carbocycles. The highest BCUT2D eigenvalue weighted by Gasteiger charge is 2.20. The number of nitrogens with zero attached hydrogens (tertiary/aromatic N) is 1. The van der Waals surface area contributed by atoms with E-state index in [1.54, 1.807) is 18.2 Å². The van der Waals surface area contributed by atoms with Crippen LogP contribution in [0, 0.1) is 5.82 Å². The third-order valence-corrected chi connectivity index (χ3v) is 4.80. The number of nitrogens with one attached hydrogen (secondary N) is 1. The molecule has 3 nitrogen and oxygen atoms in total. The van der Waals surface area contributed by atoms with E-state index in [2.05, 4.69) is 22.3 Å². The van der Waals surface area contributed by atoms with E-state index < -0.39 is 0 Å². The number of carbonyl (C=O) groups is 1. The van der Waals surface area contributed by atoms with Crippen molar-refractivity contribution < 1.29 is 9.18 Å². The molecular formula is C21H22ClFN2O.